The zero-order chi connectivity index (χ0) is 23.7. The first-order valence-electron chi connectivity index (χ1n) is 10.9. The number of amides is 3. The molecule has 4 aromatic rings. The average molecular weight is 454 g/mol. The predicted molar refractivity (Wildman–Crippen MR) is 130 cm³/mol. The first-order chi connectivity index (χ1) is 16.5. The highest BCUT2D eigenvalue weighted by molar-refractivity contribution is 6.08. The van der Waals surface area contributed by atoms with E-state index in [-0.39, 0.29) is 6.54 Å². The summed E-state index contributed by atoms with van der Waals surface area (Å²) in [6.45, 7) is -0.308. The van der Waals surface area contributed by atoms with Gasteiger partial charge >= 0.3 is 0 Å². The van der Waals surface area contributed by atoms with Gasteiger partial charge in [0, 0.05) is 10.9 Å². The van der Waals surface area contributed by atoms with E-state index in [9.17, 15) is 14.4 Å². The molecule has 1 aromatic heterocycles. The molecule has 3 aromatic carbocycles. The Morgan fingerprint density at radius 1 is 0.941 bits per heavy atom. The topological polar surface area (TPSA) is 120 Å². The van der Waals surface area contributed by atoms with E-state index in [4.69, 9.17) is 5.73 Å². The zero-order valence-corrected chi connectivity index (χ0v) is 18.2. The van der Waals surface area contributed by atoms with E-state index in [1.165, 1.54) is 4.90 Å². The number of nitrogens with two attached hydrogens (primary N) is 1. The lowest BCUT2D eigenvalue weighted by Crippen LogP contribution is -2.53. The number of fused-ring (bicyclic) bond motifs is 2. The molecule has 5 rings (SSSR count). The van der Waals surface area contributed by atoms with E-state index < -0.39 is 29.8 Å². The molecule has 0 radical (unpaired) electrons. The van der Waals surface area contributed by atoms with Crippen LogP contribution in [0.1, 0.15) is 22.1 Å². The summed E-state index contributed by atoms with van der Waals surface area (Å²) in [5, 5.41) is 7.19. The van der Waals surface area contributed by atoms with Crippen LogP contribution in [0.4, 0.5) is 11.4 Å². The zero-order valence-electron chi connectivity index (χ0n) is 18.2. The Hall–Kier alpha value is -4.59. The highest BCUT2D eigenvalue weighted by atomic mass is 16.2. The summed E-state index contributed by atoms with van der Waals surface area (Å²) in [5.74, 6) is -1.51. The maximum atomic E-state index is 13.8. The number of nitrogens with one attached hydrogen (secondary N) is 3. The summed E-state index contributed by atoms with van der Waals surface area (Å²) in [6.07, 6.45) is 0. The number of aromatic amines is 1. The maximum Gasteiger partial charge on any atom is 0.268 e. The van der Waals surface area contributed by atoms with Gasteiger partial charge in [-0.2, -0.15) is 0 Å². The van der Waals surface area contributed by atoms with Gasteiger partial charge in [-0.15, -0.1) is 0 Å². The van der Waals surface area contributed by atoms with Gasteiger partial charge in [-0.05, 0) is 29.8 Å². The van der Waals surface area contributed by atoms with Gasteiger partial charge in [-0.3, -0.25) is 19.3 Å². The summed E-state index contributed by atoms with van der Waals surface area (Å²) in [7, 11) is 0. The summed E-state index contributed by atoms with van der Waals surface area (Å²) in [6, 6.07) is 24.3. The van der Waals surface area contributed by atoms with Crippen molar-refractivity contribution >= 4 is 40.0 Å². The van der Waals surface area contributed by atoms with Crippen molar-refractivity contribution in [2.75, 3.05) is 16.8 Å². The van der Waals surface area contributed by atoms with Crippen LogP contribution in [-0.2, 0) is 9.59 Å². The summed E-state index contributed by atoms with van der Waals surface area (Å²) in [5.41, 5.74) is 8.63. The molecule has 34 heavy (non-hydrogen) atoms. The van der Waals surface area contributed by atoms with Gasteiger partial charge in [-0.25, -0.2) is 0 Å². The Kier molecular flexibility index (Phi) is 5.47. The lowest BCUT2D eigenvalue weighted by molar-refractivity contribution is -0.123. The standard InChI is InChI=1S/C26H23N5O3/c27-22(32)15-31-21-13-7-6-12-19(21)29-23(16-8-2-1-3-9-16)24(26(31)34)30-25(33)20-14-17-10-4-5-11-18(17)28-20/h1-14,23-24,28-29H,15H2,(H2,27,32)(H,30,33)/t23-,24-/m1/s1. The number of anilines is 2. The van der Waals surface area contributed by atoms with Gasteiger partial charge in [-0.1, -0.05) is 60.7 Å². The molecule has 1 aliphatic rings. The van der Waals surface area contributed by atoms with Crippen LogP contribution in [0.3, 0.4) is 0 Å². The van der Waals surface area contributed by atoms with Gasteiger partial charge in [0.25, 0.3) is 11.8 Å². The molecule has 2 heterocycles. The van der Waals surface area contributed by atoms with Crippen molar-refractivity contribution in [3.63, 3.8) is 0 Å². The second-order valence-electron chi connectivity index (χ2n) is 8.16. The Morgan fingerprint density at radius 2 is 1.65 bits per heavy atom. The Morgan fingerprint density at radius 3 is 2.41 bits per heavy atom. The number of benzene rings is 3. The fourth-order valence-corrected chi connectivity index (χ4v) is 4.33. The number of aromatic nitrogens is 1. The minimum absolute atomic E-state index is 0.308. The number of H-pyrrole nitrogens is 1. The van der Waals surface area contributed by atoms with Crippen molar-refractivity contribution in [3.05, 3.63) is 96.2 Å². The molecule has 8 nitrogen and oxygen atoms in total. The number of carbonyl (C=O) groups excluding carboxylic acids is 3. The Labute approximate surface area is 195 Å². The van der Waals surface area contributed by atoms with E-state index in [0.717, 1.165) is 16.5 Å². The normalized spacial score (nSPS) is 17.5. The molecule has 8 heteroatoms. The van der Waals surface area contributed by atoms with Gasteiger partial charge in [0.1, 0.15) is 18.3 Å². The first-order valence-corrected chi connectivity index (χ1v) is 10.9. The molecule has 170 valence electrons. The summed E-state index contributed by atoms with van der Waals surface area (Å²) >= 11 is 0. The molecule has 0 spiro atoms. The third kappa shape index (κ3) is 3.97. The van der Waals surface area contributed by atoms with Crippen molar-refractivity contribution in [3.8, 4) is 0 Å². The number of primary amides is 1. The van der Waals surface area contributed by atoms with E-state index in [2.05, 4.69) is 15.6 Å². The molecule has 0 unspecified atom stereocenters. The Bertz CT molecular complexity index is 1350. The van der Waals surface area contributed by atoms with Crippen molar-refractivity contribution in [2.45, 2.75) is 12.1 Å². The number of para-hydroxylation sites is 3. The SMILES string of the molecule is NC(=O)CN1C(=O)[C@H](NC(=O)c2cc3ccccc3[nH]2)[C@@H](c2ccccc2)Nc2ccccc21. The van der Waals surface area contributed by atoms with Crippen molar-refractivity contribution in [1.29, 1.82) is 0 Å². The lowest BCUT2D eigenvalue weighted by Gasteiger charge is -2.28. The first kappa shape index (κ1) is 21.3. The molecule has 3 amide bonds. The van der Waals surface area contributed by atoms with Crippen LogP contribution in [0.2, 0.25) is 0 Å². The maximum absolute atomic E-state index is 13.8. The van der Waals surface area contributed by atoms with E-state index in [1.54, 1.807) is 18.2 Å². The molecule has 0 saturated carbocycles. The minimum Gasteiger partial charge on any atom is -0.374 e. The minimum atomic E-state index is -1.01. The number of hydrogen-bond donors (Lipinski definition) is 4. The summed E-state index contributed by atoms with van der Waals surface area (Å²) < 4.78 is 0. The van der Waals surface area contributed by atoms with Crippen LogP contribution in [-0.4, -0.2) is 35.3 Å². The van der Waals surface area contributed by atoms with Gasteiger partial charge in [0.2, 0.25) is 5.91 Å². The third-order valence-corrected chi connectivity index (χ3v) is 5.91. The van der Waals surface area contributed by atoms with Gasteiger partial charge in [0.15, 0.2) is 0 Å². The summed E-state index contributed by atoms with van der Waals surface area (Å²) in [4.78, 5) is 43.4. The number of carbonyl (C=O) groups is 3. The van der Waals surface area contributed by atoms with E-state index in [0.29, 0.717) is 17.1 Å². The largest absolute Gasteiger partial charge is 0.374 e. The average Bonchev–Trinajstić information content (AvgIpc) is 3.25. The highest BCUT2D eigenvalue weighted by Gasteiger charge is 2.39. The monoisotopic (exact) mass is 453 g/mol. The fraction of sp³-hybridized carbons (Fsp3) is 0.115. The molecule has 2 atom stereocenters. The molecular formula is C26H23N5O3. The van der Waals surface area contributed by atoms with Crippen LogP contribution in [0.5, 0.6) is 0 Å². The van der Waals surface area contributed by atoms with E-state index >= 15 is 0 Å². The van der Waals surface area contributed by atoms with Crippen LogP contribution in [0, 0.1) is 0 Å². The number of rotatable bonds is 5. The van der Waals surface area contributed by atoms with E-state index in [1.807, 2.05) is 66.7 Å². The second kappa shape index (κ2) is 8.74. The van der Waals surface area contributed by atoms with Crippen LogP contribution >= 0.6 is 0 Å². The fourth-order valence-electron chi connectivity index (χ4n) is 4.33. The van der Waals surface area contributed by atoms with Crippen molar-refractivity contribution in [1.82, 2.24) is 10.3 Å². The van der Waals surface area contributed by atoms with Gasteiger partial charge < -0.3 is 21.4 Å². The highest BCUT2D eigenvalue weighted by Crippen LogP contribution is 2.35. The third-order valence-electron chi connectivity index (χ3n) is 5.91. The van der Waals surface area contributed by atoms with Crippen LogP contribution in [0.25, 0.3) is 10.9 Å². The molecule has 1 aliphatic heterocycles. The second-order valence-corrected chi connectivity index (χ2v) is 8.16. The predicted octanol–water partition coefficient (Wildman–Crippen LogP) is 2.95. The molecular weight excluding hydrogens is 430 g/mol. The molecule has 0 fully saturated rings. The Balaban J connectivity index is 1.57. The molecule has 0 saturated heterocycles. The smallest absolute Gasteiger partial charge is 0.268 e. The lowest BCUT2D eigenvalue weighted by atomic mass is 9.98. The quantitative estimate of drug-likeness (QED) is 0.371. The number of hydrogen-bond acceptors (Lipinski definition) is 4. The molecule has 0 bridgehead atoms. The van der Waals surface area contributed by atoms with Gasteiger partial charge in [0.05, 0.1) is 17.4 Å². The van der Waals surface area contributed by atoms with Crippen molar-refractivity contribution in [2.24, 2.45) is 5.73 Å². The molecule has 5 N–H and O–H groups in total. The van der Waals surface area contributed by atoms with Crippen LogP contribution < -0.4 is 21.3 Å². The molecule has 0 aliphatic carbocycles. The van der Waals surface area contributed by atoms with Crippen molar-refractivity contribution < 1.29 is 14.4 Å². The van der Waals surface area contributed by atoms with Crippen LogP contribution in [0.15, 0.2) is 84.9 Å². The number of nitrogens with zero attached hydrogens (tertiary/aromatic N) is 1.